The number of rotatable bonds is 5. The minimum Gasteiger partial charge on any atom is -0.303 e. The van der Waals surface area contributed by atoms with Gasteiger partial charge in [-0.3, -0.25) is 4.79 Å². The van der Waals surface area contributed by atoms with Crippen LogP contribution in [0.3, 0.4) is 0 Å². The van der Waals surface area contributed by atoms with Crippen molar-refractivity contribution in [2.45, 2.75) is 19.3 Å². The number of nitrogens with zero attached hydrogens (tertiary/aromatic N) is 1. The molecule has 25 heavy (non-hydrogen) atoms. The second-order valence-electron chi connectivity index (χ2n) is 6.86. The molecule has 1 aliphatic rings. The third kappa shape index (κ3) is 3.68. The maximum absolute atomic E-state index is 12.9. The molecule has 3 aromatic rings. The van der Waals surface area contributed by atoms with E-state index in [9.17, 15) is 4.79 Å². The molecule has 0 saturated carbocycles. The van der Waals surface area contributed by atoms with Crippen molar-refractivity contribution in [3.05, 3.63) is 71.1 Å². The van der Waals surface area contributed by atoms with Crippen LogP contribution in [0.4, 0.5) is 0 Å². The smallest absolute Gasteiger partial charge is 0.167 e. The summed E-state index contributed by atoms with van der Waals surface area (Å²) < 4.78 is 1.21. The van der Waals surface area contributed by atoms with Crippen molar-refractivity contribution in [2.75, 3.05) is 19.6 Å². The van der Waals surface area contributed by atoms with Gasteiger partial charge < -0.3 is 4.90 Å². The zero-order valence-electron chi connectivity index (χ0n) is 14.4. The van der Waals surface area contributed by atoms with Gasteiger partial charge in [0.1, 0.15) is 0 Å². The van der Waals surface area contributed by atoms with E-state index in [0.29, 0.717) is 5.78 Å². The van der Waals surface area contributed by atoms with Gasteiger partial charge in [-0.1, -0.05) is 48.5 Å². The lowest BCUT2D eigenvalue weighted by molar-refractivity contribution is 0.0843. The number of carbonyl (C=O) groups is 1. The molecule has 0 N–H and O–H groups in total. The first-order valence-corrected chi connectivity index (χ1v) is 9.96. The lowest BCUT2D eigenvalue weighted by Crippen LogP contribution is -2.37. The van der Waals surface area contributed by atoms with Gasteiger partial charge in [-0.05, 0) is 44.0 Å². The molecule has 2 aromatic carbocycles. The van der Waals surface area contributed by atoms with Crippen molar-refractivity contribution in [1.82, 2.24) is 4.90 Å². The summed E-state index contributed by atoms with van der Waals surface area (Å²) in [7, 11) is 0. The molecular weight excluding hydrogens is 326 g/mol. The van der Waals surface area contributed by atoms with Crippen LogP contribution in [-0.2, 0) is 6.42 Å². The first-order chi connectivity index (χ1) is 12.3. The highest BCUT2D eigenvalue weighted by Crippen LogP contribution is 2.30. The maximum atomic E-state index is 12.9. The molecular formula is C22H23NOS. The SMILES string of the molecule is O=C(c1csc2ccccc12)C1CCN(CCc2ccccc2)CC1. The molecule has 2 nitrogen and oxygen atoms in total. The Kier molecular flexibility index (Phi) is 4.95. The van der Waals surface area contributed by atoms with E-state index in [1.54, 1.807) is 11.3 Å². The summed E-state index contributed by atoms with van der Waals surface area (Å²) >= 11 is 1.68. The average molecular weight is 349 g/mol. The highest BCUT2D eigenvalue weighted by atomic mass is 32.1. The predicted octanol–water partition coefficient (Wildman–Crippen LogP) is 5.04. The Balaban J connectivity index is 1.34. The predicted molar refractivity (Wildman–Crippen MR) is 105 cm³/mol. The van der Waals surface area contributed by atoms with Crippen molar-refractivity contribution >= 4 is 27.2 Å². The summed E-state index contributed by atoms with van der Waals surface area (Å²) in [4.78, 5) is 15.5. The Bertz CT molecular complexity index is 847. The average Bonchev–Trinajstić information content (AvgIpc) is 3.11. The van der Waals surface area contributed by atoms with Crippen molar-refractivity contribution in [3.63, 3.8) is 0 Å². The number of hydrogen-bond acceptors (Lipinski definition) is 3. The summed E-state index contributed by atoms with van der Waals surface area (Å²) in [5.41, 5.74) is 2.33. The zero-order chi connectivity index (χ0) is 17.1. The molecule has 0 bridgehead atoms. The van der Waals surface area contributed by atoms with Crippen LogP contribution in [-0.4, -0.2) is 30.3 Å². The molecule has 1 saturated heterocycles. The number of fused-ring (bicyclic) bond motifs is 1. The minimum atomic E-state index is 0.186. The van der Waals surface area contributed by atoms with Crippen LogP contribution in [0.1, 0.15) is 28.8 Å². The maximum Gasteiger partial charge on any atom is 0.167 e. The molecule has 4 rings (SSSR count). The van der Waals surface area contributed by atoms with E-state index in [1.807, 2.05) is 12.1 Å². The Hall–Kier alpha value is -1.97. The van der Waals surface area contributed by atoms with Crippen LogP contribution in [0.15, 0.2) is 60.0 Å². The molecule has 0 amide bonds. The van der Waals surface area contributed by atoms with Crippen LogP contribution in [0.25, 0.3) is 10.1 Å². The van der Waals surface area contributed by atoms with Gasteiger partial charge in [0.15, 0.2) is 5.78 Å². The van der Waals surface area contributed by atoms with E-state index in [0.717, 1.165) is 49.8 Å². The molecule has 0 atom stereocenters. The Morgan fingerprint density at radius 3 is 2.52 bits per heavy atom. The van der Waals surface area contributed by atoms with E-state index in [2.05, 4.69) is 52.7 Å². The van der Waals surface area contributed by atoms with Crippen LogP contribution in [0.5, 0.6) is 0 Å². The van der Waals surface area contributed by atoms with Crippen molar-refractivity contribution in [1.29, 1.82) is 0 Å². The van der Waals surface area contributed by atoms with Gasteiger partial charge in [-0.25, -0.2) is 0 Å². The quantitative estimate of drug-likeness (QED) is 0.602. The van der Waals surface area contributed by atoms with E-state index >= 15 is 0 Å². The molecule has 128 valence electrons. The standard InChI is InChI=1S/C22H23NOS/c24-22(20-16-25-21-9-5-4-8-19(20)21)18-11-14-23(15-12-18)13-10-17-6-2-1-3-7-17/h1-9,16,18H,10-15H2. The topological polar surface area (TPSA) is 20.3 Å². The summed E-state index contributed by atoms with van der Waals surface area (Å²) in [5.74, 6) is 0.533. The second-order valence-corrected chi connectivity index (χ2v) is 7.77. The van der Waals surface area contributed by atoms with Crippen LogP contribution in [0, 0.1) is 5.92 Å². The van der Waals surface area contributed by atoms with E-state index in [-0.39, 0.29) is 5.92 Å². The van der Waals surface area contributed by atoms with Crippen LogP contribution >= 0.6 is 11.3 Å². The van der Waals surface area contributed by atoms with Crippen LogP contribution in [0.2, 0.25) is 0 Å². The number of benzene rings is 2. The molecule has 0 aliphatic carbocycles. The van der Waals surface area contributed by atoms with Crippen molar-refractivity contribution in [2.24, 2.45) is 5.92 Å². The first kappa shape index (κ1) is 16.5. The molecule has 3 heteroatoms. The molecule has 0 unspecified atom stereocenters. The Morgan fingerprint density at radius 2 is 1.72 bits per heavy atom. The van der Waals surface area contributed by atoms with Gasteiger partial charge in [-0.2, -0.15) is 0 Å². The summed E-state index contributed by atoms with van der Waals surface area (Å²) in [6, 6.07) is 18.9. The molecule has 0 radical (unpaired) electrons. The number of hydrogen-bond donors (Lipinski definition) is 0. The number of Topliss-reactive ketones (excluding diaryl/α,β-unsaturated/α-hetero) is 1. The number of ketones is 1. The van der Waals surface area contributed by atoms with Gasteiger partial charge in [0, 0.05) is 33.5 Å². The number of thiophene rings is 1. The summed E-state index contributed by atoms with van der Waals surface area (Å²) in [5, 5.41) is 3.18. The van der Waals surface area contributed by atoms with Gasteiger partial charge in [-0.15, -0.1) is 11.3 Å². The second kappa shape index (κ2) is 7.51. The minimum absolute atomic E-state index is 0.186. The third-order valence-corrected chi connectivity index (χ3v) is 6.23. The van der Waals surface area contributed by atoms with E-state index in [1.165, 1.54) is 10.3 Å². The lowest BCUT2D eigenvalue weighted by Gasteiger charge is -2.31. The first-order valence-electron chi connectivity index (χ1n) is 9.08. The Morgan fingerprint density at radius 1 is 1.00 bits per heavy atom. The molecule has 1 fully saturated rings. The fourth-order valence-corrected chi connectivity index (χ4v) is 4.69. The number of piperidine rings is 1. The highest BCUT2D eigenvalue weighted by Gasteiger charge is 2.27. The van der Waals surface area contributed by atoms with Gasteiger partial charge in [0.2, 0.25) is 0 Å². The van der Waals surface area contributed by atoms with Crippen molar-refractivity contribution < 1.29 is 4.79 Å². The van der Waals surface area contributed by atoms with E-state index < -0.39 is 0 Å². The third-order valence-electron chi connectivity index (χ3n) is 5.26. The monoisotopic (exact) mass is 349 g/mol. The molecule has 0 spiro atoms. The fourth-order valence-electron chi connectivity index (χ4n) is 3.74. The molecule has 1 aliphatic heterocycles. The van der Waals surface area contributed by atoms with Gasteiger partial charge in [0.25, 0.3) is 0 Å². The molecule has 2 heterocycles. The van der Waals surface area contributed by atoms with Gasteiger partial charge in [0.05, 0.1) is 0 Å². The van der Waals surface area contributed by atoms with E-state index in [4.69, 9.17) is 0 Å². The largest absolute Gasteiger partial charge is 0.303 e. The fraction of sp³-hybridized carbons (Fsp3) is 0.318. The van der Waals surface area contributed by atoms with Crippen LogP contribution < -0.4 is 0 Å². The number of carbonyl (C=O) groups excluding carboxylic acids is 1. The normalized spacial score (nSPS) is 16.3. The number of likely N-dealkylation sites (tertiary alicyclic amines) is 1. The molecule has 1 aromatic heterocycles. The zero-order valence-corrected chi connectivity index (χ0v) is 15.2. The Labute approximate surface area is 153 Å². The summed E-state index contributed by atoms with van der Waals surface area (Å²) in [6.07, 6.45) is 3.06. The summed E-state index contributed by atoms with van der Waals surface area (Å²) in [6.45, 7) is 3.16. The lowest BCUT2D eigenvalue weighted by atomic mass is 9.88. The van der Waals surface area contributed by atoms with Crippen molar-refractivity contribution in [3.8, 4) is 0 Å². The van der Waals surface area contributed by atoms with Gasteiger partial charge >= 0.3 is 0 Å². The highest BCUT2D eigenvalue weighted by molar-refractivity contribution is 7.17.